The lowest BCUT2D eigenvalue weighted by Gasteiger charge is -2.35. The summed E-state index contributed by atoms with van der Waals surface area (Å²) >= 11 is 0. The van der Waals surface area contributed by atoms with E-state index in [0.29, 0.717) is 18.8 Å². The molecule has 0 unspecified atom stereocenters. The maximum absolute atomic E-state index is 12.2. The number of carbonyl (C=O) groups is 1. The number of nitrogens with zero attached hydrogens (tertiary/aromatic N) is 2. The number of ether oxygens (including phenoxy) is 3. The molecule has 126 valence electrons. The smallest absolute Gasteiger partial charge is 0.314 e. The molecule has 1 fully saturated rings. The zero-order valence-corrected chi connectivity index (χ0v) is 13.4. The minimum absolute atomic E-state index is 0.0403. The van der Waals surface area contributed by atoms with Crippen LogP contribution in [0, 0.1) is 10.1 Å². The van der Waals surface area contributed by atoms with Crippen molar-refractivity contribution in [3.05, 3.63) is 28.3 Å². The van der Waals surface area contributed by atoms with E-state index in [1.54, 1.807) is 11.0 Å². The number of hydrogen-bond acceptors (Lipinski definition) is 6. The van der Waals surface area contributed by atoms with Crippen molar-refractivity contribution in [3.63, 3.8) is 0 Å². The van der Waals surface area contributed by atoms with E-state index in [9.17, 15) is 14.9 Å². The molecule has 0 spiro atoms. The van der Waals surface area contributed by atoms with E-state index < -0.39 is 4.92 Å². The van der Waals surface area contributed by atoms with Gasteiger partial charge in [-0.15, -0.1) is 0 Å². The van der Waals surface area contributed by atoms with Gasteiger partial charge < -0.3 is 19.1 Å². The van der Waals surface area contributed by atoms with E-state index in [2.05, 4.69) is 0 Å². The topological polar surface area (TPSA) is 91.1 Å². The summed E-state index contributed by atoms with van der Waals surface area (Å²) in [4.78, 5) is 24.4. The van der Waals surface area contributed by atoms with E-state index in [1.807, 2.05) is 13.8 Å². The fraction of sp³-hybridized carbons (Fsp3) is 0.533. The highest BCUT2D eigenvalue weighted by atomic mass is 16.6. The predicted octanol–water partition coefficient (Wildman–Crippen LogP) is 1.62. The van der Waals surface area contributed by atoms with Crippen molar-refractivity contribution in [1.29, 1.82) is 0 Å². The number of methoxy groups -OCH3 is 1. The van der Waals surface area contributed by atoms with Crippen molar-refractivity contribution in [2.75, 3.05) is 26.8 Å². The Balaban J connectivity index is 2.02. The van der Waals surface area contributed by atoms with Crippen LogP contribution >= 0.6 is 0 Å². The SMILES string of the molecule is COc1ccc(OCC(=O)N2C[C@@H](C)O[C@H](C)C2)c([N+](=O)[O-])c1. The van der Waals surface area contributed by atoms with E-state index in [0.717, 1.165) is 0 Å². The summed E-state index contributed by atoms with van der Waals surface area (Å²) in [5.74, 6) is 0.168. The van der Waals surface area contributed by atoms with Crippen LogP contribution in [-0.2, 0) is 9.53 Å². The van der Waals surface area contributed by atoms with Gasteiger partial charge in [-0.25, -0.2) is 0 Å². The molecule has 0 aliphatic carbocycles. The standard InChI is InChI=1S/C15H20N2O6/c1-10-7-16(8-11(2)23-10)15(18)9-22-14-5-4-12(21-3)6-13(14)17(19)20/h4-6,10-11H,7-9H2,1-3H3/t10-,11-/m1/s1. The number of rotatable bonds is 5. The zero-order valence-electron chi connectivity index (χ0n) is 13.4. The summed E-state index contributed by atoms with van der Waals surface area (Å²) in [6.07, 6.45) is -0.0870. The van der Waals surface area contributed by atoms with Gasteiger partial charge in [-0.2, -0.15) is 0 Å². The molecule has 0 aromatic heterocycles. The molecule has 0 bridgehead atoms. The summed E-state index contributed by atoms with van der Waals surface area (Å²) in [6, 6.07) is 4.24. The first-order chi connectivity index (χ1) is 10.9. The number of hydrogen-bond donors (Lipinski definition) is 0. The lowest BCUT2D eigenvalue weighted by molar-refractivity contribution is -0.385. The molecule has 0 radical (unpaired) electrons. The molecule has 0 saturated carbocycles. The van der Waals surface area contributed by atoms with E-state index in [1.165, 1.54) is 19.2 Å². The first-order valence-electron chi connectivity index (χ1n) is 7.29. The Morgan fingerprint density at radius 3 is 2.61 bits per heavy atom. The van der Waals surface area contributed by atoms with E-state index in [-0.39, 0.29) is 36.2 Å². The second-order valence-electron chi connectivity index (χ2n) is 5.44. The number of benzene rings is 1. The van der Waals surface area contributed by atoms with Crippen molar-refractivity contribution in [3.8, 4) is 11.5 Å². The summed E-state index contributed by atoms with van der Waals surface area (Å²) in [6.45, 7) is 4.50. The molecule has 8 heteroatoms. The quantitative estimate of drug-likeness (QED) is 0.604. The minimum Gasteiger partial charge on any atom is -0.496 e. The average Bonchev–Trinajstić information content (AvgIpc) is 2.51. The Bertz CT molecular complexity index is 581. The van der Waals surface area contributed by atoms with Crippen molar-refractivity contribution >= 4 is 11.6 Å². The largest absolute Gasteiger partial charge is 0.496 e. The molecular formula is C15H20N2O6. The molecule has 1 saturated heterocycles. The molecule has 0 N–H and O–H groups in total. The molecule has 1 aromatic carbocycles. The van der Waals surface area contributed by atoms with Gasteiger partial charge in [0.1, 0.15) is 5.75 Å². The van der Waals surface area contributed by atoms with Crippen molar-refractivity contribution < 1.29 is 23.9 Å². The van der Waals surface area contributed by atoms with Gasteiger partial charge in [-0.05, 0) is 26.0 Å². The monoisotopic (exact) mass is 324 g/mol. The highest BCUT2D eigenvalue weighted by Crippen LogP contribution is 2.31. The lowest BCUT2D eigenvalue weighted by Crippen LogP contribution is -2.49. The Hall–Kier alpha value is -2.35. The van der Waals surface area contributed by atoms with Crippen LogP contribution in [0.2, 0.25) is 0 Å². The van der Waals surface area contributed by atoms with Crippen molar-refractivity contribution in [2.45, 2.75) is 26.1 Å². The first-order valence-corrected chi connectivity index (χ1v) is 7.29. The molecule has 1 heterocycles. The molecule has 8 nitrogen and oxygen atoms in total. The normalized spacial score (nSPS) is 20.9. The third-order valence-corrected chi connectivity index (χ3v) is 3.49. The van der Waals surface area contributed by atoms with Crippen LogP contribution in [0.25, 0.3) is 0 Å². The fourth-order valence-electron chi connectivity index (χ4n) is 2.50. The zero-order chi connectivity index (χ0) is 17.0. The molecule has 1 aromatic rings. The third-order valence-electron chi connectivity index (χ3n) is 3.49. The van der Waals surface area contributed by atoms with Crippen LogP contribution in [0.4, 0.5) is 5.69 Å². The Labute approximate surface area is 134 Å². The van der Waals surface area contributed by atoms with Gasteiger partial charge in [0.25, 0.3) is 5.91 Å². The molecule has 2 rings (SSSR count). The molecule has 2 atom stereocenters. The second kappa shape index (κ2) is 7.28. The van der Waals surface area contributed by atoms with Gasteiger partial charge in [0.2, 0.25) is 0 Å². The highest BCUT2D eigenvalue weighted by Gasteiger charge is 2.26. The Morgan fingerprint density at radius 1 is 1.39 bits per heavy atom. The van der Waals surface area contributed by atoms with Gasteiger partial charge >= 0.3 is 5.69 Å². The van der Waals surface area contributed by atoms with Gasteiger partial charge in [-0.3, -0.25) is 14.9 Å². The van der Waals surface area contributed by atoms with E-state index in [4.69, 9.17) is 14.2 Å². The van der Waals surface area contributed by atoms with Crippen LogP contribution in [0.5, 0.6) is 11.5 Å². The third kappa shape index (κ3) is 4.32. The Kier molecular flexibility index (Phi) is 5.38. The molecule has 1 amide bonds. The van der Waals surface area contributed by atoms with Gasteiger partial charge in [0.15, 0.2) is 12.4 Å². The van der Waals surface area contributed by atoms with Gasteiger partial charge in [0, 0.05) is 13.1 Å². The minimum atomic E-state index is -0.568. The maximum atomic E-state index is 12.2. The summed E-state index contributed by atoms with van der Waals surface area (Å²) in [5, 5.41) is 11.1. The van der Waals surface area contributed by atoms with Gasteiger partial charge in [0.05, 0.1) is 30.3 Å². The second-order valence-corrected chi connectivity index (χ2v) is 5.44. The van der Waals surface area contributed by atoms with Crippen LogP contribution < -0.4 is 9.47 Å². The predicted molar refractivity (Wildman–Crippen MR) is 81.7 cm³/mol. The average molecular weight is 324 g/mol. The molecule has 1 aliphatic rings. The van der Waals surface area contributed by atoms with Crippen molar-refractivity contribution in [2.24, 2.45) is 0 Å². The maximum Gasteiger partial charge on any atom is 0.314 e. The number of carbonyl (C=O) groups excluding carboxylic acids is 1. The van der Waals surface area contributed by atoms with E-state index >= 15 is 0 Å². The molecule has 23 heavy (non-hydrogen) atoms. The van der Waals surface area contributed by atoms with Crippen molar-refractivity contribution in [1.82, 2.24) is 4.90 Å². The number of morpholine rings is 1. The highest BCUT2D eigenvalue weighted by molar-refractivity contribution is 5.78. The van der Waals surface area contributed by atoms with Crippen LogP contribution in [-0.4, -0.2) is 54.7 Å². The van der Waals surface area contributed by atoms with Crippen LogP contribution in [0.15, 0.2) is 18.2 Å². The number of amides is 1. The van der Waals surface area contributed by atoms with Crippen LogP contribution in [0.1, 0.15) is 13.8 Å². The molecule has 1 aliphatic heterocycles. The molecular weight excluding hydrogens is 304 g/mol. The summed E-state index contributed by atoms with van der Waals surface area (Å²) in [5.41, 5.74) is -0.235. The van der Waals surface area contributed by atoms with Crippen LogP contribution in [0.3, 0.4) is 0 Å². The fourth-order valence-corrected chi connectivity index (χ4v) is 2.50. The summed E-state index contributed by atoms with van der Waals surface area (Å²) in [7, 11) is 1.42. The summed E-state index contributed by atoms with van der Waals surface area (Å²) < 4.78 is 15.9. The Morgan fingerprint density at radius 2 is 2.04 bits per heavy atom. The van der Waals surface area contributed by atoms with Gasteiger partial charge in [-0.1, -0.05) is 0 Å². The first kappa shape index (κ1) is 17.0. The number of nitro benzene ring substituents is 1. The number of nitro groups is 1. The lowest BCUT2D eigenvalue weighted by atomic mass is 10.2.